The van der Waals surface area contributed by atoms with Crippen LogP contribution in [0.15, 0.2) is 0 Å². The first kappa shape index (κ1) is 11.7. The van der Waals surface area contributed by atoms with Gasteiger partial charge in [0.05, 0.1) is 0 Å². The lowest BCUT2D eigenvalue weighted by Gasteiger charge is -2.28. The number of thioether (sulfide) groups is 1. The molecule has 0 bridgehead atoms. The van der Waals surface area contributed by atoms with Crippen molar-refractivity contribution in [2.45, 2.75) is 50.3 Å². The van der Waals surface area contributed by atoms with Gasteiger partial charge in [-0.3, -0.25) is 0 Å². The summed E-state index contributed by atoms with van der Waals surface area (Å²) >= 11 is 2.07. The molecular weight excluding hydrogens is 206 g/mol. The van der Waals surface area contributed by atoms with E-state index in [2.05, 4.69) is 24.0 Å². The Bertz CT molecular complexity index is 204. The normalized spacial score (nSPS) is 34.8. The van der Waals surface area contributed by atoms with Crippen LogP contribution in [0.1, 0.15) is 39.0 Å². The van der Waals surface area contributed by atoms with E-state index < -0.39 is 0 Å². The van der Waals surface area contributed by atoms with E-state index in [9.17, 15) is 5.11 Å². The van der Waals surface area contributed by atoms with Crippen molar-refractivity contribution in [1.29, 1.82) is 0 Å². The minimum Gasteiger partial charge on any atom is -0.396 e. The Morgan fingerprint density at radius 3 is 2.67 bits per heavy atom. The van der Waals surface area contributed by atoms with Gasteiger partial charge in [-0.15, -0.1) is 0 Å². The Hall–Kier alpha value is 0.270. The van der Waals surface area contributed by atoms with Crippen molar-refractivity contribution in [2.75, 3.05) is 18.9 Å². The molecule has 2 unspecified atom stereocenters. The van der Waals surface area contributed by atoms with Crippen LogP contribution in [0.4, 0.5) is 0 Å². The van der Waals surface area contributed by atoms with Gasteiger partial charge in [0.15, 0.2) is 0 Å². The molecule has 0 amide bonds. The smallest absolute Gasteiger partial charge is 0.0499 e. The largest absolute Gasteiger partial charge is 0.396 e. The summed E-state index contributed by atoms with van der Waals surface area (Å²) in [6.07, 6.45) is 6.33. The van der Waals surface area contributed by atoms with Crippen LogP contribution < -0.4 is 5.32 Å². The molecule has 3 heteroatoms. The minimum atomic E-state index is 0.219. The molecular formula is C12H23NOS. The molecule has 0 radical (unpaired) electrons. The maximum Gasteiger partial charge on any atom is 0.0499 e. The van der Waals surface area contributed by atoms with Crippen molar-refractivity contribution in [3.63, 3.8) is 0 Å². The van der Waals surface area contributed by atoms with Gasteiger partial charge in [0.1, 0.15) is 0 Å². The predicted octanol–water partition coefficient (Wildman–Crippen LogP) is 2.02. The highest BCUT2D eigenvalue weighted by Gasteiger charge is 2.34. The highest BCUT2D eigenvalue weighted by molar-refractivity contribution is 8.00. The average Bonchev–Trinajstić information content (AvgIpc) is 2.85. The predicted molar refractivity (Wildman–Crippen MR) is 66.3 cm³/mol. The van der Waals surface area contributed by atoms with E-state index in [0.717, 1.165) is 11.8 Å². The fraction of sp³-hybridized carbons (Fsp3) is 1.00. The van der Waals surface area contributed by atoms with E-state index in [1.165, 1.54) is 37.9 Å². The molecule has 88 valence electrons. The van der Waals surface area contributed by atoms with Crippen molar-refractivity contribution in [1.82, 2.24) is 5.32 Å². The van der Waals surface area contributed by atoms with Crippen LogP contribution in [-0.2, 0) is 0 Å². The number of nitrogens with one attached hydrogen (secondary N) is 1. The second-order valence-electron chi connectivity index (χ2n) is 5.32. The highest BCUT2D eigenvalue weighted by Crippen LogP contribution is 2.37. The molecule has 2 aliphatic rings. The van der Waals surface area contributed by atoms with Gasteiger partial charge in [-0.1, -0.05) is 19.8 Å². The third-order valence-electron chi connectivity index (χ3n) is 3.96. The van der Waals surface area contributed by atoms with Gasteiger partial charge in [-0.05, 0) is 19.3 Å². The standard InChI is InChI=1S/C12H23NOS/c1-10-6-11(7-15-10)13-8-12(9-14)4-2-3-5-12/h10-11,13-14H,2-9H2,1H3. The minimum absolute atomic E-state index is 0.219. The van der Waals surface area contributed by atoms with E-state index in [0.29, 0.717) is 12.6 Å². The first-order valence-electron chi connectivity index (χ1n) is 6.20. The zero-order valence-electron chi connectivity index (χ0n) is 9.67. The fourth-order valence-electron chi connectivity index (χ4n) is 2.84. The Labute approximate surface area is 97.2 Å². The molecule has 1 heterocycles. The van der Waals surface area contributed by atoms with Gasteiger partial charge in [-0.25, -0.2) is 0 Å². The summed E-state index contributed by atoms with van der Waals surface area (Å²) in [6.45, 7) is 3.71. The molecule has 1 aliphatic heterocycles. The lowest BCUT2D eigenvalue weighted by molar-refractivity contribution is 0.125. The fourth-order valence-corrected chi connectivity index (χ4v) is 4.02. The van der Waals surface area contributed by atoms with Crippen molar-refractivity contribution < 1.29 is 5.11 Å². The molecule has 0 spiro atoms. The molecule has 2 rings (SSSR count). The molecule has 2 atom stereocenters. The molecule has 1 aliphatic carbocycles. The van der Waals surface area contributed by atoms with Gasteiger partial charge in [0, 0.05) is 35.6 Å². The number of hydrogen-bond acceptors (Lipinski definition) is 3. The zero-order chi connectivity index (χ0) is 10.7. The molecule has 0 aromatic rings. The zero-order valence-corrected chi connectivity index (χ0v) is 10.5. The van der Waals surface area contributed by atoms with E-state index in [1.54, 1.807) is 0 Å². The second-order valence-corrected chi connectivity index (χ2v) is 6.79. The summed E-state index contributed by atoms with van der Waals surface area (Å²) in [5.41, 5.74) is 0.219. The molecule has 1 saturated carbocycles. The topological polar surface area (TPSA) is 32.3 Å². The van der Waals surface area contributed by atoms with Crippen LogP contribution in [0.25, 0.3) is 0 Å². The number of aliphatic hydroxyl groups excluding tert-OH is 1. The Balaban J connectivity index is 1.76. The lowest BCUT2D eigenvalue weighted by atomic mass is 9.87. The first-order chi connectivity index (χ1) is 7.24. The molecule has 2 nitrogen and oxygen atoms in total. The van der Waals surface area contributed by atoms with Gasteiger partial charge in [0.25, 0.3) is 0 Å². The summed E-state index contributed by atoms with van der Waals surface area (Å²) in [4.78, 5) is 0. The molecule has 15 heavy (non-hydrogen) atoms. The third kappa shape index (κ3) is 2.89. The summed E-state index contributed by atoms with van der Waals surface area (Å²) < 4.78 is 0. The monoisotopic (exact) mass is 229 g/mol. The van der Waals surface area contributed by atoms with Crippen molar-refractivity contribution in [3.8, 4) is 0 Å². The maximum absolute atomic E-state index is 9.50. The van der Waals surface area contributed by atoms with Crippen molar-refractivity contribution in [2.24, 2.45) is 5.41 Å². The van der Waals surface area contributed by atoms with Gasteiger partial charge in [-0.2, -0.15) is 11.8 Å². The summed E-state index contributed by atoms with van der Waals surface area (Å²) in [5.74, 6) is 1.25. The summed E-state index contributed by atoms with van der Waals surface area (Å²) in [7, 11) is 0. The van der Waals surface area contributed by atoms with Crippen molar-refractivity contribution >= 4 is 11.8 Å². The Morgan fingerprint density at radius 2 is 2.13 bits per heavy atom. The number of hydrogen-bond donors (Lipinski definition) is 2. The third-order valence-corrected chi connectivity index (χ3v) is 5.32. The highest BCUT2D eigenvalue weighted by atomic mass is 32.2. The van der Waals surface area contributed by atoms with Gasteiger partial charge < -0.3 is 10.4 Å². The van der Waals surface area contributed by atoms with Crippen molar-refractivity contribution in [3.05, 3.63) is 0 Å². The van der Waals surface area contributed by atoms with Gasteiger partial charge in [0.2, 0.25) is 0 Å². The van der Waals surface area contributed by atoms with E-state index >= 15 is 0 Å². The van der Waals surface area contributed by atoms with Crippen LogP contribution in [0.3, 0.4) is 0 Å². The first-order valence-corrected chi connectivity index (χ1v) is 7.25. The van der Waals surface area contributed by atoms with Crippen LogP contribution in [0, 0.1) is 5.41 Å². The molecule has 2 fully saturated rings. The Morgan fingerprint density at radius 1 is 1.40 bits per heavy atom. The maximum atomic E-state index is 9.50. The van der Waals surface area contributed by atoms with Crippen LogP contribution in [0.2, 0.25) is 0 Å². The van der Waals surface area contributed by atoms with E-state index in [1.807, 2.05) is 0 Å². The summed E-state index contributed by atoms with van der Waals surface area (Å²) in [5, 5.41) is 14.0. The van der Waals surface area contributed by atoms with Crippen LogP contribution >= 0.6 is 11.8 Å². The summed E-state index contributed by atoms with van der Waals surface area (Å²) in [6, 6.07) is 0.689. The molecule has 2 N–H and O–H groups in total. The Kier molecular flexibility index (Phi) is 3.97. The quantitative estimate of drug-likeness (QED) is 0.773. The SMILES string of the molecule is CC1CC(NCC2(CO)CCCC2)CS1. The molecule has 1 saturated heterocycles. The molecule has 0 aromatic carbocycles. The lowest BCUT2D eigenvalue weighted by Crippen LogP contribution is -2.40. The average molecular weight is 229 g/mol. The van der Waals surface area contributed by atoms with Crippen LogP contribution in [-0.4, -0.2) is 35.3 Å². The molecule has 0 aromatic heterocycles. The van der Waals surface area contributed by atoms with Crippen LogP contribution in [0.5, 0.6) is 0 Å². The van der Waals surface area contributed by atoms with E-state index in [4.69, 9.17) is 0 Å². The van der Waals surface area contributed by atoms with Gasteiger partial charge >= 0.3 is 0 Å². The van der Waals surface area contributed by atoms with E-state index in [-0.39, 0.29) is 5.41 Å². The number of aliphatic hydroxyl groups is 1. The number of rotatable bonds is 4. The second kappa shape index (κ2) is 5.07.